The monoisotopic (exact) mass is 506 g/mol. The van der Waals surface area contributed by atoms with Gasteiger partial charge in [-0.3, -0.25) is 9.59 Å². The van der Waals surface area contributed by atoms with Crippen molar-refractivity contribution in [3.05, 3.63) is 0 Å². The number of fused-ring (bicyclic) bond motifs is 5. The minimum atomic E-state index is -1.30. The molecule has 204 valence electrons. The zero-order valence-corrected chi connectivity index (χ0v) is 22.1. The molecule has 6 N–H and O–H groups in total. The van der Waals surface area contributed by atoms with Crippen LogP contribution in [0.4, 0.5) is 0 Å². The smallest absolute Gasteiger partial charge is 0.326 e. The van der Waals surface area contributed by atoms with E-state index in [2.05, 4.69) is 26.1 Å². The Bertz CT molecular complexity index is 865. The molecule has 0 aliphatic heterocycles. The van der Waals surface area contributed by atoms with Crippen molar-refractivity contribution >= 4 is 17.8 Å². The molecule has 0 heterocycles. The van der Waals surface area contributed by atoms with Gasteiger partial charge in [-0.05, 0) is 104 Å². The average molecular weight is 507 g/mol. The van der Waals surface area contributed by atoms with E-state index in [0.717, 1.165) is 38.5 Å². The average Bonchev–Trinajstić information content (AvgIpc) is 3.16. The van der Waals surface area contributed by atoms with Crippen LogP contribution in [0.25, 0.3) is 0 Å². The van der Waals surface area contributed by atoms with Crippen molar-refractivity contribution in [2.45, 2.75) is 110 Å². The molecule has 4 rings (SSSR count). The first-order chi connectivity index (χ1) is 16.9. The lowest BCUT2D eigenvalue weighted by Crippen LogP contribution is -2.58. The fraction of sp³-hybridized carbons (Fsp3) is 0.893. The number of hydrogen-bond acceptors (Lipinski definition) is 5. The molecule has 2 amide bonds. The van der Waals surface area contributed by atoms with Crippen LogP contribution in [0, 0.1) is 46.3 Å². The molecule has 0 aromatic heterocycles. The number of carbonyl (C=O) groups is 3. The fourth-order valence-electron chi connectivity index (χ4n) is 9.39. The summed E-state index contributed by atoms with van der Waals surface area (Å²) in [6.45, 7) is 6.86. The normalized spacial score (nSPS) is 43.4. The molecule has 0 unspecified atom stereocenters. The summed E-state index contributed by atoms with van der Waals surface area (Å²) in [4.78, 5) is 34.9. The van der Waals surface area contributed by atoms with Crippen LogP contribution in [0.15, 0.2) is 0 Å². The summed E-state index contributed by atoms with van der Waals surface area (Å²) in [6, 6.07) is -1.30. The van der Waals surface area contributed by atoms with Crippen LogP contribution >= 0.6 is 0 Å². The van der Waals surface area contributed by atoms with Crippen LogP contribution in [0.2, 0.25) is 0 Å². The highest BCUT2D eigenvalue weighted by Crippen LogP contribution is 2.68. The van der Waals surface area contributed by atoms with E-state index in [1.807, 2.05) is 0 Å². The molecule has 4 aliphatic carbocycles. The number of carbonyl (C=O) groups excluding carboxylic acids is 2. The Hall–Kier alpha value is -1.67. The van der Waals surface area contributed by atoms with Crippen molar-refractivity contribution < 1.29 is 29.7 Å². The zero-order chi connectivity index (χ0) is 26.4. The van der Waals surface area contributed by atoms with Gasteiger partial charge < -0.3 is 26.4 Å². The lowest BCUT2D eigenvalue weighted by atomic mass is 9.43. The first-order valence-electron chi connectivity index (χ1n) is 14.0. The summed E-state index contributed by atoms with van der Waals surface area (Å²) in [6.07, 6.45) is 8.00. The van der Waals surface area contributed by atoms with E-state index >= 15 is 0 Å². The number of rotatable bonds is 8. The van der Waals surface area contributed by atoms with Gasteiger partial charge in [0.1, 0.15) is 6.04 Å². The predicted octanol–water partition coefficient (Wildman–Crippen LogP) is 2.84. The summed E-state index contributed by atoms with van der Waals surface area (Å²) in [5, 5.41) is 33.6. The zero-order valence-electron chi connectivity index (χ0n) is 22.1. The van der Waals surface area contributed by atoms with Crippen LogP contribution < -0.4 is 11.1 Å². The number of carboxylic acids is 1. The maximum Gasteiger partial charge on any atom is 0.326 e. The molecule has 36 heavy (non-hydrogen) atoms. The van der Waals surface area contributed by atoms with Crippen molar-refractivity contribution in [2.24, 2.45) is 52.1 Å². The SMILES string of the molecule is C[C@H](CCC(=O)N[C@@H](CC(N)=O)C(=O)O)[C@H]1CC[C@H]2[C@@H]3CC[C@@H]4C[C@H](O)CC[C@]4(C)[C@H]3C[C@H](O)[C@]12C. The van der Waals surface area contributed by atoms with E-state index in [4.69, 9.17) is 5.73 Å². The van der Waals surface area contributed by atoms with Gasteiger partial charge in [0.25, 0.3) is 0 Å². The highest BCUT2D eigenvalue weighted by molar-refractivity contribution is 5.88. The Morgan fingerprint density at radius 3 is 2.42 bits per heavy atom. The van der Waals surface area contributed by atoms with Crippen LogP contribution in [0.1, 0.15) is 91.4 Å². The van der Waals surface area contributed by atoms with Gasteiger partial charge in [0, 0.05) is 6.42 Å². The lowest BCUT2D eigenvalue weighted by molar-refractivity contribution is -0.175. The summed E-state index contributed by atoms with van der Waals surface area (Å²) in [5.74, 6) is 0.261. The number of hydrogen-bond donors (Lipinski definition) is 5. The molecule has 4 fully saturated rings. The number of carboxylic acid groups (broad SMARTS) is 1. The number of nitrogens with one attached hydrogen (secondary N) is 1. The summed E-state index contributed by atoms with van der Waals surface area (Å²) < 4.78 is 0. The van der Waals surface area contributed by atoms with Crippen molar-refractivity contribution in [3.8, 4) is 0 Å². The summed E-state index contributed by atoms with van der Waals surface area (Å²) in [5.41, 5.74) is 5.14. The first kappa shape index (κ1) is 27.4. The lowest BCUT2D eigenvalue weighted by Gasteiger charge is -2.62. The van der Waals surface area contributed by atoms with Gasteiger partial charge in [-0.2, -0.15) is 0 Å². The minimum absolute atomic E-state index is 0.172. The number of primary amides is 1. The van der Waals surface area contributed by atoms with Crippen molar-refractivity contribution in [2.75, 3.05) is 0 Å². The summed E-state index contributed by atoms with van der Waals surface area (Å²) in [7, 11) is 0. The molecule has 8 nitrogen and oxygen atoms in total. The van der Waals surface area contributed by atoms with E-state index in [0.29, 0.717) is 36.0 Å². The minimum Gasteiger partial charge on any atom is -0.480 e. The number of nitrogens with two attached hydrogens (primary N) is 1. The van der Waals surface area contributed by atoms with Gasteiger partial charge in [0.2, 0.25) is 11.8 Å². The number of amides is 2. The van der Waals surface area contributed by atoms with Gasteiger partial charge in [0.15, 0.2) is 0 Å². The third-order valence-corrected chi connectivity index (χ3v) is 11.4. The van der Waals surface area contributed by atoms with Gasteiger partial charge in [0.05, 0.1) is 18.6 Å². The molecule has 4 aliphatic rings. The fourth-order valence-corrected chi connectivity index (χ4v) is 9.39. The maximum absolute atomic E-state index is 12.5. The van der Waals surface area contributed by atoms with Crippen molar-refractivity contribution in [1.29, 1.82) is 0 Å². The Kier molecular flexibility index (Phi) is 7.78. The molecule has 0 aromatic carbocycles. The summed E-state index contributed by atoms with van der Waals surface area (Å²) >= 11 is 0. The third-order valence-electron chi connectivity index (χ3n) is 11.4. The maximum atomic E-state index is 12.5. The Morgan fingerprint density at radius 1 is 1.03 bits per heavy atom. The Labute approximate surface area is 214 Å². The van der Waals surface area contributed by atoms with E-state index in [1.54, 1.807) is 0 Å². The van der Waals surface area contributed by atoms with E-state index < -0.39 is 24.3 Å². The second-order valence-electron chi connectivity index (χ2n) is 13.0. The second kappa shape index (κ2) is 10.2. The number of aliphatic hydroxyl groups is 2. The second-order valence-corrected chi connectivity index (χ2v) is 13.0. The quantitative estimate of drug-likeness (QED) is 0.342. The molecule has 8 heteroatoms. The molecular formula is C28H46N2O6. The van der Waals surface area contributed by atoms with E-state index in [1.165, 1.54) is 12.8 Å². The standard InChI is InChI=1S/C28H46N2O6/c1-15(4-9-25(34)30-22(26(35)36)14-24(29)33)19-7-8-20-18-6-5-16-12-17(31)10-11-27(16,2)21(18)13-23(32)28(19,20)3/h15-23,31-32H,4-14H2,1-3H3,(H2,29,33)(H,30,34)(H,35,36)/t15-,16-,17-,18+,19-,20+,21+,22+,23+,27+,28-/m1/s1. The molecule has 0 radical (unpaired) electrons. The van der Waals surface area contributed by atoms with Gasteiger partial charge in [-0.25, -0.2) is 4.79 Å². The van der Waals surface area contributed by atoms with E-state index in [-0.39, 0.29) is 41.3 Å². The van der Waals surface area contributed by atoms with Crippen LogP contribution in [-0.2, 0) is 14.4 Å². The molecule has 0 spiro atoms. The van der Waals surface area contributed by atoms with Crippen LogP contribution in [0.3, 0.4) is 0 Å². The number of aliphatic hydroxyl groups excluding tert-OH is 2. The molecule has 0 bridgehead atoms. The highest BCUT2D eigenvalue weighted by atomic mass is 16.4. The first-order valence-corrected chi connectivity index (χ1v) is 14.0. The van der Waals surface area contributed by atoms with Crippen LogP contribution in [0.5, 0.6) is 0 Å². The molecule has 0 saturated heterocycles. The van der Waals surface area contributed by atoms with Crippen molar-refractivity contribution in [3.63, 3.8) is 0 Å². The molecule has 4 saturated carbocycles. The largest absolute Gasteiger partial charge is 0.480 e. The Morgan fingerprint density at radius 2 is 1.75 bits per heavy atom. The number of aliphatic carboxylic acids is 1. The van der Waals surface area contributed by atoms with Gasteiger partial charge >= 0.3 is 5.97 Å². The Balaban J connectivity index is 1.41. The highest BCUT2D eigenvalue weighted by Gasteiger charge is 2.63. The van der Waals surface area contributed by atoms with E-state index in [9.17, 15) is 29.7 Å². The van der Waals surface area contributed by atoms with Crippen LogP contribution in [-0.4, -0.2) is 51.4 Å². The predicted molar refractivity (Wildman–Crippen MR) is 134 cm³/mol. The van der Waals surface area contributed by atoms with Gasteiger partial charge in [-0.1, -0.05) is 20.8 Å². The third kappa shape index (κ3) is 4.80. The molecule has 11 atom stereocenters. The molecular weight excluding hydrogens is 460 g/mol. The van der Waals surface area contributed by atoms with Crippen molar-refractivity contribution in [1.82, 2.24) is 5.32 Å². The molecule has 0 aromatic rings. The topological polar surface area (TPSA) is 150 Å². The van der Waals surface area contributed by atoms with Gasteiger partial charge in [-0.15, -0.1) is 0 Å².